The zero-order valence-electron chi connectivity index (χ0n) is 14.4. The highest BCUT2D eigenvalue weighted by Gasteiger charge is 2.10. The second-order valence-corrected chi connectivity index (χ2v) is 7.42. The standard InChI is InChI=1S/C20H13ClN4O2S/c21-15-7-5-13(6-8-15)17-9-16-18(28-17)19(23-11-22-16)25-24-10-12-1-3-14(4-2-12)20(26)27/h1-9,11H,10H2,(H,26,27). The SMILES string of the molecule is O=C(O)c1ccc(CN=Nc2ncnc3cc(-c4ccc(Cl)cc4)sc23)cc1. The van der Waals surface area contributed by atoms with Crippen molar-refractivity contribution in [1.29, 1.82) is 0 Å². The van der Waals surface area contributed by atoms with Gasteiger partial charge < -0.3 is 5.11 Å². The van der Waals surface area contributed by atoms with Crippen molar-refractivity contribution in [3.05, 3.63) is 77.1 Å². The smallest absolute Gasteiger partial charge is 0.335 e. The van der Waals surface area contributed by atoms with Gasteiger partial charge in [0, 0.05) is 9.90 Å². The van der Waals surface area contributed by atoms with E-state index in [9.17, 15) is 4.79 Å². The van der Waals surface area contributed by atoms with Crippen LogP contribution in [0.5, 0.6) is 0 Å². The van der Waals surface area contributed by atoms with E-state index in [1.165, 1.54) is 6.33 Å². The Balaban J connectivity index is 1.57. The summed E-state index contributed by atoms with van der Waals surface area (Å²) in [6.07, 6.45) is 1.47. The van der Waals surface area contributed by atoms with Crippen LogP contribution in [-0.2, 0) is 6.54 Å². The van der Waals surface area contributed by atoms with Crippen molar-refractivity contribution in [3.63, 3.8) is 0 Å². The Hall–Kier alpha value is -3.16. The van der Waals surface area contributed by atoms with Gasteiger partial charge in [0.1, 0.15) is 6.33 Å². The van der Waals surface area contributed by atoms with Crippen LogP contribution in [-0.4, -0.2) is 21.0 Å². The van der Waals surface area contributed by atoms with Gasteiger partial charge in [-0.2, -0.15) is 5.11 Å². The molecule has 0 unspecified atom stereocenters. The van der Waals surface area contributed by atoms with Crippen molar-refractivity contribution < 1.29 is 9.90 Å². The fourth-order valence-corrected chi connectivity index (χ4v) is 3.78. The Labute approximate surface area is 169 Å². The molecule has 2 heterocycles. The normalized spacial score (nSPS) is 11.3. The molecule has 0 atom stereocenters. The number of rotatable bonds is 5. The molecule has 6 nitrogen and oxygen atoms in total. The van der Waals surface area contributed by atoms with Crippen LogP contribution in [0.4, 0.5) is 5.82 Å². The predicted molar refractivity (Wildman–Crippen MR) is 109 cm³/mol. The van der Waals surface area contributed by atoms with E-state index in [-0.39, 0.29) is 5.56 Å². The van der Waals surface area contributed by atoms with Crippen molar-refractivity contribution >= 4 is 44.9 Å². The second kappa shape index (κ2) is 7.84. The highest BCUT2D eigenvalue weighted by atomic mass is 35.5. The Kier molecular flexibility index (Phi) is 5.10. The van der Waals surface area contributed by atoms with Gasteiger partial charge in [-0.05, 0) is 41.5 Å². The monoisotopic (exact) mass is 408 g/mol. The second-order valence-electron chi connectivity index (χ2n) is 5.93. The van der Waals surface area contributed by atoms with Gasteiger partial charge in [0.2, 0.25) is 0 Å². The first-order valence-corrected chi connectivity index (χ1v) is 9.50. The van der Waals surface area contributed by atoms with Crippen LogP contribution in [0.3, 0.4) is 0 Å². The summed E-state index contributed by atoms with van der Waals surface area (Å²) in [6, 6.07) is 16.2. The zero-order valence-corrected chi connectivity index (χ0v) is 16.0. The minimum atomic E-state index is -0.953. The Morgan fingerprint density at radius 1 is 1.07 bits per heavy atom. The van der Waals surface area contributed by atoms with E-state index in [0.29, 0.717) is 17.4 Å². The lowest BCUT2D eigenvalue weighted by molar-refractivity contribution is 0.0697. The summed E-state index contributed by atoms with van der Waals surface area (Å²) in [6.45, 7) is 0.334. The summed E-state index contributed by atoms with van der Waals surface area (Å²) < 4.78 is 0.859. The van der Waals surface area contributed by atoms with Crippen LogP contribution in [0.25, 0.3) is 20.7 Å². The topological polar surface area (TPSA) is 87.8 Å². The average molecular weight is 409 g/mol. The molecule has 0 saturated heterocycles. The maximum atomic E-state index is 10.9. The summed E-state index contributed by atoms with van der Waals surface area (Å²) >= 11 is 7.51. The predicted octanol–water partition coefficient (Wildman–Crippen LogP) is 5.99. The van der Waals surface area contributed by atoms with Gasteiger partial charge in [0.15, 0.2) is 5.82 Å². The van der Waals surface area contributed by atoms with Crippen LogP contribution in [0.15, 0.2) is 71.2 Å². The van der Waals surface area contributed by atoms with Crippen molar-refractivity contribution in [2.24, 2.45) is 10.2 Å². The molecule has 138 valence electrons. The first-order chi connectivity index (χ1) is 13.6. The summed E-state index contributed by atoms with van der Waals surface area (Å²) in [4.78, 5) is 20.5. The van der Waals surface area contributed by atoms with E-state index >= 15 is 0 Å². The molecule has 1 N–H and O–H groups in total. The van der Waals surface area contributed by atoms with Gasteiger partial charge in [-0.1, -0.05) is 35.9 Å². The third-order valence-corrected chi connectivity index (χ3v) is 5.46. The zero-order chi connectivity index (χ0) is 19.5. The number of hydrogen-bond acceptors (Lipinski definition) is 6. The Bertz CT molecular complexity index is 1170. The van der Waals surface area contributed by atoms with Gasteiger partial charge in [-0.3, -0.25) is 0 Å². The van der Waals surface area contributed by atoms with Gasteiger partial charge in [-0.15, -0.1) is 16.5 Å². The van der Waals surface area contributed by atoms with Gasteiger partial charge in [0.05, 0.1) is 22.3 Å². The summed E-state index contributed by atoms with van der Waals surface area (Å²) in [5, 5.41) is 18.1. The third kappa shape index (κ3) is 3.90. The van der Waals surface area contributed by atoms with Crippen molar-refractivity contribution in [3.8, 4) is 10.4 Å². The molecule has 0 fully saturated rings. The van der Waals surface area contributed by atoms with Crippen LogP contribution in [0.2, 0.25) is 5.02 Å². The van der Waals surface area contributed by atoms with E-state index in [2.05, 4.69) is 20.2 Å². The number of azo groups is 1. The van der Waals surface area contributed by atoms with Crippen LogP contribution >= 0.6 is 22.9 Å². The number of carboxylic acid groups (broad SMARTS) is 1. The maximum Gasteiger partial charge on any atom is 0.335 e. The fraction of sp³-hybridized carbons (Fsp3) is 0.0500. The number of hydrogen-bond donors (Lipinski definition) is 1. The summed E-state index contributed by atoms with van der Waals surface area (Å²) in [7, 11) is 0. The summed E-state index contributed by atoms with van der Waals surface area (Å²) in [5.74, 6) is -0.442. The first-order valence-electron chi connectivity index (χ1n) is 8.30. The van der Waals surface area contributed by atoms with Crippen molar-refractivity contribution in [2.45, 2.75) is 6.54 Å². The molecule has 0 aliphatic heterocycles. The molecule has 0 radical (unpaired) electrons. The number of aromatic nitrogens is 2. The molecular formula is C20H13ClN4O2S. The number of fused-ring (bicyclic) bond motifs is 1. The molecule has 0 bridgehead atoms. The fourth-order valence-electron chi connectivity index (χ4n) is 2.61. The minimum Gasteiger partial charge on any atom is -0.478 e. The molecule has 2 aromatic heterocycles. The lowest BCUT2D eigenvalue weighted by atomic mass is 10.1. The first kappa shape index (κ1) is 18.2. The third-order valence-electron chi connectivity index (χ3n) is 4.04. The van der Waals surface area contributed by atoms with Gasteiger partial charge in [-0.25, -0.2) is 14.8 Å². The highest BCUT2D eigenvalue weighted by molar-refractivity contribution is 7.22. The number of benzene rings is 2. The number of nitrogens with zero attached hydrogens (tertiary/aromatic N) is 4. The molecule has 28 heavy (non-hydrogen) atoms. The number of carboxylic acids is 1. The molecule has 0 amide bonds. The number of halogens is 1. The molecule has 0 aliphatic carbocycles. The largest absolute Gasteiger partial charge is 0.478 e. The molecule has 2 aromatic carbocycles. The van der Waals surface area contributed by atoms with E-state index < -0.39 is 5.97 Å². The van der Waals surface area contributed by atoms with E-state index in [4.69, 9.17) is 16.7 Å². The number of aromatic carboxylic acids is 1. The van der Waals surface area contributed by atoms with Crippen molar-refractivity contribution in [1.82, 2.24) is 9.97 Å². The molecule has 4 rings (SSSR count). The number of carbonyl (C=O) groups is 1. The molecule has 0 aliphatic rings. The maximum absolute atomic E-state index is 10.9. The lowest BCUT2D eigenvalue weighted by Crippen LogP contribution is -1.95. The summed E-state index contributed by atoms with van der Waals surface area (Å²) in [5.41, 5.74) is 2.97. The molecule has 4 aromatic rings. The Morgan fingerprint density at radius 3 is 2.54 bits per heavy atom. The molecule has 0 spiro atoms. The van der Waals surface area contributed by atoms with Crippen LogP contribution in [0, 0.1) is 0 Å². The average Bonchev–Trinajstić information content (AvgIpc) is 3.14. The quantitative estimate of drug-likeness (QED) is 0.410. The van der Waals surface area contributed by atoms with E-state index in [1.807, 2.05) is 30.3 Å². The molecular weight excluding hydrogens is 396 g/mol. The van der Waals surface area contributed by atoms with Gasteiger partial charge in [0.25, 0.3) is 0 Å². The number of thiophene rings is 1. The highest BCUT2D eigenvalue weighted by Crippen LogP contribution is 2.37. The lowest BCUT2D eigenvalue weighted by Gasteiger charge is -1.98. The van der Waals surface area contributed by atoms with E-state index in [0.717, 1.165) is 26.2 Å². The van der Waals surface area contributed by atoms with Crippen molar-refractivity contribution in [2.75, 3.05) is 0 Å². The minimum absolute atomic E-state index is 0.242. The molecule has 8 heteroatoms. The Morgan fingerprint density at radius 2 is 1.82 bits per heavy atom. The van der Waals surface area contributed by atoms with Gasteiger partial charge >= 0.3 is 5.97 Å². The van der Waals surface area contributed by atoms with Crippen LogP contribution < -0.4 is 0 Å². The molecule has 0 saturated carbocycles. The van der Waals surface area contributed by atoms with E-state index in [1.54, 1.807) is 35.6 Å². The van der Waals surface area contributed by atoms with Crippen LogP contribution in [0.1, 0.15) is 15.9 Å².